The van der Waals surface area contributed by atoms with Crippen LogP contribution in [0.25, 0.3) is 0 Å². The lowest BCUT2D eigenvalue weighted by atomic mass is 10.2. The fourth-order valence-corrected chi connectivity index (χ4v) is 2.21. The topological polar surface area (TPSA) is 42.4 Å². The molecule has 0 unspecified atom stereocenters. The molecule has 0 radical (unpaired) electrons. The number of ether oxygens (including phenoxy) is 1. The fraction of sp³-hybridized carbons (Fsp3) is 0.286. The van der Waals surface area contributed by atoms with E-state index >= 15 is 0 Å². The molecule has 19 heavy (non-hydrogen) atoms. The largest absolute Gasteiger partial charge is 0.487 e. The molecule has 0 aliphatic rings. The summed E-state index contributed by atoms with van der Waals surface area (Å²) >= 11 is 1.60. The van der Waals surface area contributed by atoms with E-state index in [0.29, 0.717) is 17.9 Å². The minimum atomic E-state index is -0.0325. The van der Waals surface area contributed by atoms with Crippen LogP contribution in [-0.2, 0) is 6.61 Å². The summed E-state index contributed by atoms with van der Waals surface area (Å²) in [5.74, 6) is 0.647. The maximum atomic E-state index is 11.8. The van der Waals surface area contributed by atoms with Crippen LogP contribution in [-0.4, -0.2) is 29.9 Å². The molecule has 1 heterocycles. The second-order valence-corrected chi connectivity index (χ2v) is 5.44. The summed E-state index contributed by atoms with van der Waals surface area (Å²) in [5.41, 5.74) is 1.53. The normalized spacial score (nSPS) is 10.3. The Hall–Kier alpha value is -1.88. The molecule has 0 atom stereocenters. The van der Waals surface area contributed by atoms with E-state index in [1.54, 1.807) is 42.5 Å². The molecule has 0 N–H and O–H groups in total. The van der Waals surface area contributed by atoms with Gasteiger partial charge in [0.15, 0.2) is 0 Å². The average molecular weight is 276 g/mol. The van der Waals surface area contributed by atoms with Crippen molar-refractivity contribution in [1.29, 1.82) is 0 Å². The molecule has 0 saturated heterocycles. The van der Waals surface area contributed by atoms with Gasteiger partial charge in [0.2, 0.25) is 0 Å². The summed E-state index contributed by atoms with van der Waals surface area (Å²) in [5, 5.41) is 3.00. The number of aryl methyl sites for hydroxylation is 1. The van der Waals surface area contributed by atoms with Gasteiger partial charge < -0.3 is 9.64 Å². The van der Waals surface area contributed by atoms with Gasteiger partial charge in [0, 0.05) is 25.0 Å². The van der Waals surface area contributed by atoms with Crippen molar-refractivity contribution >= 4 is 17.2 Å². The van der Waals surface area contributed by atoms with E-state index in [-0.39, 0.29) is 5.91 Å². The van der Waals surface area contributed by atoms with Crippen LogP contribution in [0.2, 0.25) is 0 Å². The Morgan fingerprint density at radius 3 is 2.84 bits per heavy atom. The number of nitrogens with zero attached hydrogens (tertiary/aromatic N) is 2. The van der Waals surface area contributed by atoms with Crippen LogP contribution in [0.5, 0.6) is 5.75 Å². The summed E-state index contributed by atoms with van der Waals surface area (Å²) in [6.45, 7) is 2.38. The molecule has 0 fully saturated rings. The van der Waals surface area contributed by atoms with Crippen LogP contribution in [0.3, 0.4) is 0 Å². The highest BCUT2D eigenvalue weighted by atomic mass is 32.1. The summed E-state index contributed by atoms with van der Waals surface area (Å²) in [7, 11) is 3.46. The van der Waals surface area contributed by atoms with E-state index in [2.05, 4.69) is 4.98 Å². The van der Waals surface area contributed by atoms with Crippen LogP contribution >= 0.6 is 11.3 Å². The third-order valence-electron chi connectivity index (χ3n) is 2.54. The van der Waals surface area contributed by atoms with Crippen LogP contribution < -0.4 is 4.74 Å². The zero-order valence-electron chi connectivity index (χ0n) is 11.2. The number of aromatic nitrogens is 1. The number of thiazole rings is 1. The molecule has 0 saturated carbocycles. The highest BCUT2D eigenvalue weighted by Gasteiger charge is 2.08. The van der Waals surface area contributed by atoms with Crippen molar-refractivity contribution in [2.75, 3.05) is 14.1 Å². The smallest absolute Gasteiger partial charge is 0.253 e. The van der Waals surface area contributed by atoms with Gasteiger partial charge in [-0.2, -0.15) is 0 Å². The summed E-state index contributed by atoms with van der Waals surface area (Å²) < 4.78 is 5.65. The van der Waals surface area contributed by atoms with E-state index in [4.69, 9.17) is 4.74 Å². The molecule has 0 spiro atoms. The zero-order chi connectivity index (χ0) is 13.8. The van der Waals surface area contributed by atoms with Crippen LogP contribution in [0.4, 0.5) is 0 Å². The maximum absolute atomic E-state index is 11.8. The van der Waals surface area contributed by atoms with Crippen molar-refractivity contribution in [3.05, 3.63) is 45.9 Å². The predicted octanol–water partition coefficient (Wildman–Crippen LogP) is 2.73. The van der Waals surface area contributed by atoms with Gasteiger partial charge in [-0.15, -0.1) is 11.3 Å². The molecule has 4 nitrogen and oxygen atoms in total. The lowest BCUT2D eigenvalue weighted by Crippen LogP contribution is -2.21. The first-order chi connectivity index (χ1) is 9.06. The number of carbonyl (C=O) groups excluding carboxylic acids is 1. The first kappa shape index (κ1) is 13.5. The number of benzene rings is 1. The van der Waals surface area contributed by atoms with E-state index in [0.717, 1.165) is 10.7 Å². The van der Waals surface area contributed by atoms with E-state index < -0.39 is 0 Å². The van der Waals surface area contributed by atoms with Gasteiger partial charge >= 0.3 is 0 Å². The van der Waals surface area contributed by atoms with Crippen LogP contribution in [0.1, 0.15) is 21.1 Å². The number of rotatable bonds is 4. The molecule has 5 heteroatoms. The lowest BCUT2D eigenvalue weighted by Gasteiger charge is -2.11. The first-order valence-corrected chi connectivity index (χ1v) is 6.80. The molecule has 1 aromatic heterocycles. The summed E-state index contributed by atoms with van der Waals surface area (Å²) in [6, 6.07) is 7.19. The first-order valence-electron chi connectivity index (χ1n) is 5.92. The number of carbonyl (C=O) groups is 1. The molecule has 0 aliphatic carbocycles. The standard InChI is InChI=1S/C14H16N2O2S/c1-10-15-12(9-19-10)8-18-13-6-4-5-11(7-13)14(17)16(2)3/h4-7,9H,8H2,1-3H3. The monoisotopic (exact) mass is 276 g/mol. The van der Waals surface area contributed by atoms with Gasteiger partial charge in [-0.25, -0.2) is 4.98 Å². The summed E-state index contributed by atoms with van der Waals surface area (Å²) in [6.07, 6.45) is 0. The molecule has 2 aromatic rings. The number of hydrogen-bond acceptors (Lipinski definition) is 4. The van der Waals surface area contributed by atoms with E-state index in [1.165, 1.54) is 0 Å². The van der Waals surface area contributed by atoms with Crippen molar-refractivity contribution in [3.8, 4) is 5.75 Å². The molecule has 1 aromatic carbocycles. The third-order valence-corrected chi connectivity index (χ3v) is 3.36. The zero-order valence-corrected chi connectivity index (χ0v) is 12.0. The Kier molecular flexibility index (Phi) is 4.16. The molecule has 2 rings (SSSR count). The average Bonchev–Trinajstić information content (AvgIpc) is 2.81. The number of amides is 1. The van der Waals surface area contributed by atoms with Crippen molar-refractivity contribution < 1.29 is 9.53 Å². The molecule has 0 bridgehead atoms. The molecule has 100 valence electrons. The van der Waals surface area contributed by atoms with Gasteiger partial charge in [-0.05, 0) is 25.1 Å². The second kappa shape index (κ2) is 5.84. The van der Waals surface area contributed by atoms with E-state index in [1.807, 2.05) is 24.4 Å². The quantitative estimate of drug-likeness (QED) is 0.862. The minimum absolute atomic E-state index is 0.0325. The number of hydrogen-bond donors (Lipinski definition) is 0. The second-order valence-electron chi connectivity index (χ2n) is 4.37. The van der Waals surface area contributed by atoms with Crippen LogP contribution in [0, 0.1) is 6.92 Å². The van der Waals surface area contributed by atoms with Gasteiger partial charge in [0.25, 0.3) is 5.91 Å². The molecular formula is C14H16N2O2S. The predicted molar refractivity (Wildman–Crippen MR) is 75.6 cm³/mol. The minimum Gasteiger partial charge on any atom is -0.487 e. The highest BCUT2D eigenvalue weighted by molar-refractivity contribution is 7.09. The van der Waals surface area contributed by atoms with Crippen molar-refractivity contribution in [3.63, 3.8) is 0 Å². The van der Waals surface area contributed by atoms with Gasteiger partial charge in [-0.3, -0.25) is 4.79 Å². The van der Waals surface area contributed by atoms with Crippen molar-refractivity contribution in [2.45, 2.75) is 13.5 Å². The highest BCUT2D eigenvalue weighted by Crippen LogP contribution is 2.17. The molecule has 1 amide bonds. The SMILES string of the molecule is Cc1nc(COc2cccc(C(=O)N(C)C)c2)cs1. The van der Waals surface area contributed by atoms with Gasteiger partial charge in [0.05, 0.1) is 10.7 Å². The maximum Gasteiger partial charge on any atom is 0.253 e. The Labute approximate surface area is 116 Å². The van der Waals surface area contributed by atoms with E-state index in [9.17, 15) is 4.79 Å². The van der Waals surface area contributed by atoms with Gasteiger partial charge in [-0.1, -0.05) is 6.07 Å². The Morgan fingerprint density at radius 2 is 2.21 bits per heavy atom. The Bertz CT molecular complexity index is 578. The van der Waals surface area contributed by atoms with Crippen LogP contribution in [0.15, 0.2) is 29.6 Å². The van der Waals surface area contributed by atoms with Crippen molar-refractivity contribution in [1.82, 2.24) is 9.88 Å². The molecule has 0 aliphatic heterocycles. The fourth-order valence-electron chi connectivity index (χ4n) is 1.61. The third kappa shape index (κ3) is 3.54. The summed E-state index contributed by atoms with van der Waals surface area (Å²) in [4.78, 5) is 17.7. The van der Waals surface area contributed by atoms with Gasteiger partial charge in [0.1, 0.15) is 12.4 Å². The van der Waals surface area contributed by atoms with Crippen molar-refractivity contribution in [2.24, 2.45) is 0 Å². The molecular weight excluding hydrogens is 260 g/mol. The Morgan fingerprint density at radius 1 is 1.42 bits per heavy atom. The Balaban J connectivity index is 2.05. The lowest BCUT2D eigenvalue weighted by molar-refractivity contribution is 0.0827.